The maximum Gasteiger partial charge on any atom is 0.337 e. The normalized spacial score (nSPS) is 13.4. The van der Waals surface area contributed by atoms with Gasteiger partial charge >= 0.3 is 5.97 Å². The lowest BCUT2D eigenvalue weighted by Gasteiger charge is -2.30. The van der Waals surface area contributed by atoms with Crippen molar-refractivity contribution in [3.63, 3.8) is 0 Å². The van der Waals surface area contributed by atoms with Crippen LogP contribution in [-0.2, 0) is 13.0 Å². The topological polar surface area (TPSA) is 126 Å². The minimum absolute atomic E-state index is 0.191. The van der Waals surface area contributed by atoms with E-state index in [1.54, 1.807) is 24.3 Å². The highest BCUT2D eigenvalue weighted by Crippen LogP contribution is 2.32. The van der Waals surface area contributed by atoms with Crippen LogP contribution in [0.2, 0.25) is 0 Å². The number of nitrogens with zero attached hydrogens (tertiary/aromatic N) is 5. The van der Waals surface area contributed by atoms with Gasteiger partial charge in [-0.3, -0.25) is 0 Å². The van der Waals surface area contributed by atoms with Gasteiger partial charge in [0, 0.05) is 24.3 Å². The molecule has 5 rings (SSSR count). The van der Waals surface area contributed by atoms with Crippen LogP contribution in [0.4, 0.5) is 11.5 Å². The molecule has 8 nitrogen and oxygen atoms in total. The van der Waals surface area contributed by atoms with Crippen molar-refractivity contribution in [3.8, 4) is 12.1 Å². The fraction of sp³-hybridized carbons (Fsp3) is 0.207. The number of carbonyl (C=O) groups is 1. The number of rotatable bonds is 5. The van der Waals surface area contributed by atoms with Crippen LogP contribution >= 0.6 is 0 Å². The Morgan fingerprint density at radius 2 is 1.89 bits per heavy atom. The van der Waals surface area contributed by atoms with Gasteiger partial charge in [-0.2, -0.15) is 10.5 Å². The van der Waals surface area contributed by atoms with Gasteiger partial charge in [0.15, 0.2) is 11.5 Å². The SMILES string of the molecule is Cc1cc([C@@H](C)Nc2ccccc2C(=O)O)c2nc(N3CCc4cc(C#N)ccc4C3)c(C#N)nc2c1. The molecule has 0 bridgehead atoms. The fourth-order valence-electron chi connectivity index (χ4n) is 4.86. The Balaban J connectivity index is 1.56. The number of aromatic carboxylic acids is 1. The Morgan fingerprint density at radius 3 is 2.65 bits per heavy atom. The lowest BCUT2D eigenvalue weighted by Crippen LogP contribution is -2.32. The molecule has 2 N–H and O–H groups in total. The molecule has 4 aromatic rings. The van der Waals surface area contributed by atoms with Crippen LogP contribution in [0.5, 0.6) is 0 Å². The van der Waals surface area contributed by atoms with E-state index in [4.69, 9.17) is 4.98 Å². The highest BCUT2D eigenvalue weighted by atomic mass is 16.4. The second kappa shape index (κ2) is 9.60. The van der Waals surface area contributed by atoms with Crippen molar-refractivity contribution in [3.05, 3.63) is 93.7 Å². The maximum absolute atomic E-state index is 11.7. The zero-order chi connectivity index (χ0) is 26.1. The van der Waals surface area contributed by atoms with Crippen LogP contribution in [0.1, 0.15) is 56.8 Å². The standard InChI is InChI=1S/C29H24N6O2/c1-17-11-23(18(2)32-24-6-4-3-5-22(24)29(36)37)27-25(12-17)33-26(15-31)28(34-27)35-10-9-20-13-19(14-30)7-8-21(20)16-35/h3-8,11-13,18,32H,9-10,16H2,1-2H3,(H,36,37)/t18-/m1/s1. The van der Waals surface area contributed by atoms with E-state index < -0.39 is 5.97 Å². The summed E-state index contributed by atoms with van der Waals surface area (Å²) in [4.78, 5) is 23.4. The van der Waals surface area contributed by atoms with Gasteiger partial charge in [0.25, 0.3) is 0 Å². The van der Waals surface area contributed by atoms with E-state index in [-0.39, 0.29) is 17.3 Å². The first kappa shape index (κ1) is 23.8. The van der Waals surface area contributed by atoms with Crippen molar-refractivity contribution in [2.75, 3.05) is 16.8 Å². The molecule has 182 valence electrons. The monoisotopic (exact) mass is 488 g/mol. The van der Waals surface area contributed by atoms with Crippen LogP contribution in [0.15, 0.2) is 54.6 Å². The molecule has 2 heterocycles. The molecule has 0 aliphatic carbocycles. The summed E-state index contributed by atoms with van der Waals surface area (Å²) in [5.74, 6) is -0.481. The molecule has 0 fully saturated rings. The van der Waals surface area contributed by atoms with Crippen molar-refractivity contribution >= 4 is 28.5 Å². The fourth-order valence-corrected chi connectivity index (χ4v) is 4.86. The molecular formula is C29H24N6O2. The molecule has 3 aromatic carbocycles. The van der Waals surface area contributed by atoms with Crippen LogP contribution in [-0.4, -0.2) is 27.6 Å². The number of carboxylic acid groups (broad SMARTS) is 1. The second-order valence-corrected chi connectivity index (χ2v) is 9.21. The molecule has 37 heavy (non-hydrogen) atoms. The lowest BCUT2D eigenvalue weighted by atomic mass is 9.97. The Labute approximate surface area is 214 Å². The molecule has 0 spiro atoms. The average molecular weight is 489 g/mol. The number of nitriles is 2. The van der Waals surface area contributed by atoms with Gasteiger partial charge in [0.2, 0.25) is 0 Å². The molecule has 0 radical (unpaired) electrons. The van der Waals surface area contributed by atoms with Crippen LogP contribution in [0.25, 0.3) is 11.0 Å². The Bertz CT molecular complexity index is 1630. The van der Waals surface area contributed by atoms with Gasteiger partial charge in [0.1, 0.15) is 6.07 Å². The van der Waals surface area contributed by atoms with Crippen LogP contribution in [0, 0.1) is 29.6 Å². The highest BCUT2D eigenvalue weighted by Gasteiger charge is 2.24. The van der Waals surface area contributed by atoms with Gasteiger partial charge in [-0.25, -0.2) is 14.8 Å². The number of benzene rings is 3. The van der Waals surface area contributed by atoms with E-state index in [1.807, 2.05) is 44.2 Å². The summed E-state index contributed by atoms with van der Waals surface area (Å²) in [6.45, 7) is 5.13. The summed E-state index contributed by atoms with van der Waals surface area (Å²) in [5.41, 5.74) is 6.95. The lowest BCUT2D eigenvalue weighted by molar-refractivity contribution is 0.0698. The molecule has 1 aromatic heterocycles. The number of nitrogens with one attached hydrogen (secondary N) is 1. The summed E-state index contributed by atoms with van der Waals surface area (Å²) in [6, 6.07) is 20.5. The zero-order valence-electron chi connectivity index (χ0n) is 20.5. The largest absolute Gasteiger partial charge is 0.478 e. The Kier molecular flexibility index (Phi) is 6.17. The third kappa shape index (κ3) is 4.53. The molecule has 1 atom stereocenters. The highest BCUT2D eigenvalue weighted by molar-refractivity contribution is 5.94. The van der Waals surface area contributed by atoms with Crippen molar-refractivity contribution in [2.24, 2.45) is 0 Å². The van der Waals surface area contributed by atoms with E-state index in [9.17, 15) is 20.4 Å². The van der Waals surface area contributed by atoms with Gasteiger partial charge in [-0.05, 0) is 67.3 Å². The van der Waals surface area contributed by atoms with Gasteiger partial charge in [0.05, 0.1) is 34.3 Å². The average Bonchev–Trinajstić information content (AvgIpc) is 2.91. The molecule has 0 saturated carbocycles. The summed E-state index contributed by atoms with van der Waals surface area (Å²) in [6.07, 6.45) is 0.736. The quantitative estimate of drug-likeness (QED) is 0.397. The van der Waals surface area contributed by atoms with Gasteiger partial charge < -0.3 is 15.3 Å². The summed E-state index contributed by atoms with van der Waals surface area (Å²) in [5, 5.41) is 32.0. The number of hydrogen-bond donors (Lipinski definition) is 2. The molecule has 1 aliphatic heterocycles. The van der Waals surface area contributed by atoms with Crippen molar-refractivity contribution in [1.82, 2.24) is 9.97 Å². The summed E-state index contributed by atoms with van der Waals surface area (Å²) >= 11 is 0. The van der Waals surface area contributed by atoms with Gasteiger partial charge in [-0.1, -0.05) is 24.3 Å². The molecule has 0 unspecified atom stereocenters. The summed E-state index contributed by atoms with van der Waals surface area (Å²) < 4.78 is 0. The molecular weight excluding hydrogens is 464 g/mol. The van der Waals surface area contributed by atoms with Crippen molar-refractivity contribution < 1.29 is 9.90 Å². The number of aromatic nitrogens is 2. The van der Waals surface area contributed by atoms with E-state index in [0.29, 0.717) is 41.2 Å². The van der Waals surface area contributed by atoms with Crippen LogP contribution in [0.3, 0.4) is 0 Å². The number of para-hydroxylation sites is 1. The number of hydrogen-bond acceptors (Lipinski definition) is 7. The van der Waals surface area contributed by atoms with E-state index in [1.165, 1.54) is 0 Å². The Morgan fingerprint density at radius 1 is 1.08 bits per heavy atom. The number of fused-ring (bicyclic) bond motifs is 2. The Hall–Kier alpha value is -4.95. The first-order valence-electron chi connectivity index (χ1n) is 12.0. The third-order valence-electron chi connectivity index (χ3n) is 6.67. The minimum Gasteiger partial charge on any atom is -0.478 e. The molecule has 0 saturated heterocycles. The number of carboxylic acids is 1. The second-order valence-electron chi connectivity index (χ2n) is 9.21. The van der Waals surface area contributed by atoms with Crippen LogP contribution < -0.4 is 10.2 Å². The smallest absolute Gasteiger partial charge is 0.337 e. The van der Waals surface area contributed by atoms with E-state index >= 15 is 0 Å². The molecule has 0 amide bonds. The van der Waals surface area contributed by atoms with Crippen molar-refractivity contribution in [1.29, 1.82) is 10.5 Å². The number of anilines is 2. The minimum atomic E-state index is -1.00. The van der Waals surface area contributed by atoms with E-state index in [0.717, 1.165) is 28.7 Å². The van der Waals surface area contributed by atoms with Crippen molar-refractivity contribution in [2.45, 2.75) is 32.9 Å². The predicted octanol–water partition coefficient (Wildman–Crippen LogP) is 5.12. The summed E-state index contributed by atoms with van der Waals surface area (Å²) in [7, 11) is 0. The number of aryl methyl sites for hydroxylation is 1. The maximum atomic E-state index is 11.7. The third-order valence-corrected chi connectivity index (χ3v) is 6.67. The molecule has 1 aliphatic rings. The van der Waals surface area contributed by atoms with E-state index in [2.05, 4.69) is 27.3 Å². The zero-order valence-corrected chi connectivity index (χ0v) is 20.5. The first-order chi connectivity index (χ1) is 17.9. The first-order valence-corrected chi connectivity index (χ1v) is 12.0. The predicted molar refractivity (Wildman–Crippen MR) is 140 cm³/mol. The van der Waals surface area contributed by atoms with Gasteiger partial charge in [-0.15, -0.1) is 0 Å². The molecule has 8 heteroatoms.